The van der Waals surface area contributed by atoms with Gasteiger partial charge in [-0.25, -0.2) is 0 Å². The highest BCUT2D eigenvalue weighted by molar-refractivity contribution is 7.99. The topological polar surface area (TPSA) is 49.7 Å². The summed E-state index contributed by atoms with van der Waals surface area (Å²) >= 11 is 1.76. The highest BCUT2D eigenvalue weighted by atomic mass is 32.2. The molecule has 0 spiro atoms. The lowest BCUT2D eigenvalue weighted by Crippen LogP contribution is -2.34. The Morgan fingerprint density at radius 1 is 1.10 bits per heavy atom. The zero-order chi connectivity index (χ0) is 21.2. The van der Waals surface area contributed by atoms with Crippen molar-refractivity contribution in [2.24, 2.45) is 0 Å². The maximum Gasteiger partial charge on any atom is 0.197 e. The van der Waals surface area contributed by atoms with Crippen molar-refractivity contribution >= 4 is 11.8 Å². The normalized spacial score (nSPS) is 17.6. The Morgan fingerprint density at radius 2 is 1.97 bits per heavy atom. The van der Waals surface area contributed by atoms with Gasteiger partial charge in [-0.2, -0.15) is 0 Å². The van der Waals surface area contributed by atoms with E-state index in [1.54, 1.807) is 17.8 Å². The summed E-state index contributed by atoms with van der Waals surface area (Å²) in [5.41, 5.74) is 4.10. The molecule has 5 nitrogen and oxygen atoms in total. The van der Waals surface area contributed by atoms with Gasteiger partial charge in [-0.1, -0.05) is 36.0 Å². The summed E-state index contributed by atoms with van der Waals surface area (Å²) in [7, 11) is 0. The number of rotatable bonds is 5. The molecule has 0 saturated carbocycles. The first-order valence-electron chi connectivity index (χ1n) is 10.6. The van der Waals surface area contributed by atoms with Gasteiger partial charge in [0.15, 0.2) is 11.3 Å². The predicted octanol–water partition coefficient (Wildman–Crippen LogP) is 4.33. The standard InChI is InChI=1S/C25H25NO4S/c1-17-23(27)14-24(30-16-19-15-28-11-12-29-19)26-10-9-18-13-21(7-8-22(18)25(17)26)31-20-5-3-2-4-6-20/h2-8,13-14,19H,9-12,15-16H2,1H3. The van der Waals surface area contributed by atoms with Crippen LogP contribution in [0, 0.1) is 6.92 Å². The van der Waals surface area contributed by atoms with E-state index in [9.17, 15) is 4.79 Å². The minimum absolute atomic E-state index is 0.00218. The van der Waals surface area contributed by atoms with Gasteiger partial charge in [0.2, 0.25) is 0 Å². The molecule has 3 heterocycles. The van der Waals surface area contributed by atoms with E-state index in [0.717, 1.165) is 29.8 Å². The zero-order valence-corrected chi connectivity index (χ0v) is 18.3. The number of fused-ring (bicyclic) bond motifs is 3. The molecular weight excluding hydrogens is 410 g/mol. The Kier molecular flexibility index (Phi) is 5.85. The van der Waals surface area contributed by atoms with Crippen LogP contribution < -0.4 is 10.2 Å². The Hall–Kier alpha value is -2.54. The minimum atomic E-state index is -0.102. The summed E-state index contributed by atoms with van der Waals surface area (Å²) < 4.78 is 19.3. The molecule has 0 aliphatic carbocycles. The number of hydrogen-bond donors (Lipinski definition) is 0. The summed E-state index contributed by atoms with van der Waals surface area (Å²) in [4.78, 5) is 15.2. The number of benzene rings is 2. The number of ether oxygens (including phenoxy) is 3. The average molecular weight is 436 g/mol. The van der Waals surface area contributed by atoms with Gasteiger partial charge in [0.25, 0.3) is 0 Å². The molecule has 2 aliphatic heterocycles. The Morgan fingerprint density at radius 3 is 2.77 bits per heavy atom. The van der Waals surface area contributed by atoms with Crippen LogP contribution in [0.2, 0.25) is 0 Å². The van der Waals surface area contributed by atoms with Crippen molar-refractivity contribution in [3.8, 4) is 17.1 Å². The van der Waals surface area contributed by atoms with Crippen molar-refractivity contribution < 1.29 is 14.2 Å². The van der Waals surface area contributed by atoms with Gasteiger partial charge in [-0.3, -0.25) is 4.79 Å². The van der Waals surface area contributed by atoms with E-state index in [4.69, 9.17) is 14.2 Å². The molecule has 1 saturated heterocycles. The lowest BCUT2D eigenvalue weighted by atomic mass is 9.94. The van der Waals surface area contributed by atoms with Crippen LogP contribution >= 0.6 is 11.8 Å². The van der Waals surface area contributed by atoms with Gasteiger partial charge in [0.05, 0.1) is 25.5 Å². The van der Waals surface area contributed by atoms with Crippen molar-refractivity contribution in [3.63, 3.8) is 0 Å². The molecule has 6 heteroatoms. The van der Waals surface area contributed by atoms with E-state index >= 15 is 0 Å². The minimum Gasteiger partial charge on any atom is -0.476 e. The molecule has 1 aromatic heterocycles. The van der Waals surface area contributed by atoms with Gasteiger partial charge in [-0.05, 0) is 43.2 Å². The van der Waals surface area contributed by atoms with Crippen molar-refractivity contribution in [2.45, 2.75) is 35.8 Å². The smallest absolute Gasteiger partial charge is 0.197 e. The summed E-state index contributed by atoms with van der Waals surface area (Å²) in [5, 5.41) is 0. The fourth-order valence-corrected chi connectivity index (χ4v) is 5.06. The number of nitrogens with zero attached hydrogens (tertiary/aromatic N) is 1. The van der Waals surface area contributed by atoms with Crippen LogP contribution in [0.3, 0.4) is 0 Å². The summed E-state index contributed by atoms with van der Waals surface area (Å²) in [6, 6.07) is 18.5. The maximum atomic E-state index is 12.7. The number of hydrogen-bond acceptors (Lipinski definition) is 5. The third-order valence-corrected chi connectivity index (χ3v) is 6.73. The molecule has 0 bridgehead atoms. The van der Waals surface area contributed by atoms with Gasteiger partial charge >= 0.3 is 0 Å². The molecule has 2 aromatic carbocycles. The first kappa shape index (κ1) is 20.4. The number of aryl methyl sites for hydroxylation is 1. The largest absolute Gasteiger partial charge is 0.476 e. The van der Waals surface area contributed by atoms with E-state index in [-0.39, 0.29) is 11.5 Å². The lowest BCUT2D eigenvalue weighted by Gasteiger charge is -2.28. The van der Waals surface area contributed by atoms with E-state index in [1.165, 1.54) is 15.4 Å². The quantitative estimate of drug-likeness (QED) is 0.597. The van der Waals surface area contributed by atoms with Crippen LogP contribution in [0.15, 0.2) is 69.2 Å². The predicted molar refractivity (Wildman–Crippen MR) is 121 cm³/mol. The van der Waals surface area contributed by atoms with E-state index in [0.29, 0.717) is 32.3 Å². The first-order valence-corrected chi connectivity index (χ1v) is 11.4. The van der Waals surface area contributed by atoms with E-state index in [2.05, 4.69) is 47.0 Å². The van der Waals surface area contributed by atoms with Crippen molar-refractivity contribution in [2.75, 3.05) is 26.4 Å². The molecule has 5 rings (SSSR count). The Labute approximate surface area is 186 Å². The maximum absolute atomic E-state index is 12.7. The lowest BCUT2D eigenvalue weighted by molar-refractivity contribution is -0.102. The molecule has 2 aliphatic rings. The van der Waals surface area contributed by atoms with Gasteiger partial charge in [0.1, 0.15) is 12.7 Å². The monoisotopic (exact) mass is 435 g/mol. The van der Waals surface area contributed by atoms with E-state index < -0.39 is 0 Å². The van der Waals surface area contributed by atoms with Crippen LogP contribution in [0.1, 0.15) is 11.1 Å². The van der Waals surface area contributed by atoms with Gasteiger partial charge in [0, 0.05) is 33.5 Å². The highest BCUT2D eigenvalue weighted by Crippen LogP contribution is 2.37. The molecule has 1 unspecified atom stereocenters. The van der Waals surface area contributed by atoms with Crippen molar-refractivity contribution in [1.29, 1.82) is 0 Å². The van der Waals surface area contributed by atoms with Gasteiger partial charge in [-0.15, -0.1) is 0 Å². The average Bonchev–Trinajstić information content (AvgIpc) is 2.81. The molecule has 0 radical (unpaired) electrons. The van der Waals surface area contributed by atoms with Crippen molar-refractivity contribution in [1.82, 2.24) is 4.57 Å². The fraction of sp³-hybridized carbons (Fsp3) is 0.320. The molecule has 3 aromatic rings. The molecular formula is C25H25NO4S. The van der Waals surface area contributed by atoms with Crippen LogP contribution in [0.5, 0.6) is 5.88 Å². The Balaban J connectivity index is 1.45. The Bertz CT molecular complexity index is 1140. The van der Waals surface area contributed by atoms with Crippen LogP contribution in [-0.2, 0) is 22.4 Å². The third-order valence-electron chi connectivity index (χ3n) is 5.73. The molecule has 160 valence electrons. The van der Waals surface area contributed by atoms with E-state index in [1.807, 2.05) is 13.0 Å². The van der Waals surface area contributed by atoms with Gasteiger partial charge < -0.3 is 18.8 Å². The van der Waals surface area contributed by atoms with Crippen molar-refractivity contribution in [3.05, 3.63) is 75.9 Å². The summed E-state index contributed by atoms with van der Waals surface area (Å²) in [5.74, 6) is 0.605. The SMILES string of the molecule is Cc1c2n(c(OCC3COCCO3)cc1=O)CCc1cc(Sc3ccccc3)ccc1-2. The summed E-state index contributed by atoms with van der Waals surface area (Å²) in [6.07, 6.45) is 0.794. The summed E-state index contributed by atoms with van der Waals surface area (Å²) in [6.45, 7) is 4.78. The highest BCUT2D eigenvalue weighted by Gasteiger charge is 2.23. The second kappa shape index (κ2) is 8.91. The number of pyridine rings is 1. The molecule has 1 fully saturated rings. The van der Waals surface area contributed by atoms with Crippen LogP contribution in [-0.4, -0.2) is 37.1 Å². The molecule has 31 heavy (non-hydrogen) atoms. The molecule has 1 atom stereocenters. The van der Waals surface area contributed by atoms with Crippen LogP contribution in [0.25, 0.3) is 11.3 Å². The second-order valence-electron chi connectivity index (χ2n) is 7.83. The fourth-order valence-electron chi connectivity index (χ4n) is 4.16. The first-order chi connectivity index (χ1) is 15.2. The molecule has 0 N–H and O–H groups in total. The van der Waals surface area contributed by atoms with Crippen LogP contribution in [0.4, 0.5) is 0 Å². The molecule has 0 amide bonds. The third kappa shape index (κ3) is 4.28. The number of aromatic nitrogens is 1. The second-order valence-corrected chi connectivity index (χ2v) is 8.98. The zero-order valence-electron chi connectivity index (χ0n) is 17.5.